The Morgan fingerprint density at radius 2 is 1.82 bits per heavy atom. The number of ether oxygens (including phenoxy) is 3. The molecule has 0 atom stereocenters. The van der Waals surface area contributed by atoms with Gasteiger partial charge in [-0.15, -0.1) is 21.5 Å². The highest BCUT2D eigenvalue weighted by Gasteiger charge is 2.26. The van der Waals surface area contributed by atoms with Gasteiger partial charge in [0.15, 0.2) is 6.61 Å². The van der Waals surface area contributed by atoms with E-state index in [-0.39, 0.29) is 44.7 Å². The molecule has 2 aromatic heterocycles. The molecule has 3 rings (SSSR count). The Morgan fingerprint density at radius 1 is 1.12 bits per heavy atom. The van der Waals surface area contributed by atoms with E-state index in [0.29, 0.717) is 11.3 Å². The molecule has 0 bridgehead atoms. The second-order valence-electron chi connectivity index (χ2n) is 6.28. The minimum atomic E-state index is -0.690. The standard InChI is InChI=1S/C20H18FN3O7S2/c1-10-15(18(26)28-2)17(33-16(10)19(27)29-3)22-13(25)9-32-20-24-23-14(31-20)8-30-12-6-4-11(21)5-7-12/h4-7H,8-9H2,1-3H3,(H,22,25). The van der Waals surface area contributed by atoms with Crippen molar-refractivity contribution in [2.24, 2.45) is 0 Å². The number of rotatable bonds is 9. The van der Waals surface area contributed by atoms with Gasteiger partial charge in [-0.3, -0.25) is 4.79 Å². The molecule has 0 aliphatic heterocycles. The lowest BCUT2D eigenvalue weighted by molar-refractivity contribution is -0.113. The molecule has 0 spiro atoms. The number of thiophene rings is 1. The number of aromatic nitrogens is 2. The predicted octanol–water partition coefficient (Wildman–Crippen LogP) is 3.46. The van der Waals surface area contributed by atoms with E-state index in [1.54, 1.807) is 6.92 Å². The Kier molecular flexibility index (Phi) is 8.01. The number of nitrogens with one attached hydrogen (secondary N) is 1. The zero-order chi connectivity index (χ0) is 24.0. The molecule has 3 aromatic rings. The fourth-order valence-corrected chi connectivity index (χ4v) is 4.27. The average Bonchev–Trinajstić information content (AvgIpc) is 3.40. The van der Waals surface area contributed by atoms with Crippen molar-refractivity contribution in [1.82, 2.24) is 10.2 Å². The number of thioether (sulfide) groups is 1. The Bertz CT molecular complexity index is 1160. The zero-order valence-electron chi connectivity index (χ0n) is 17.7. The van der Waals surface area contributed by atoms with Crippen molar-refractivity contribution in [3.8, 4) is 5.75 Å². The fourth-order valence-electron chi connectivity index (χ4n) is 2.56. The highest BCUT2D eigenvalue weighted by atomic mass is 32.2. The maximum atomic E-state index is 12.9. The number of carbonyl (C=O) groups excluding carboxylic acids is 3. The van der Waals surface area contributed by atoms with E-state index in [2.05, 4.69) is 15.5 Å². The zero-order valence-corrected chi connectivity index (χ0v) is 19.3. The van der Waals surface area contributed by atoms with Crippen LogP contribution in [0.2, 0.25) is 0 Å². The summed E-state index contributed by atoms with van der Waals surface area (Å²) in [5.74, 6) is -1.66. The first kappa shape index (κ1) is 24.2. The number of hydrogen-bond donors (Lipinski definition) is 1. The molecule has 1 amide bonds. The van der Waals surface area contributed by atoms with Crippen molar-refractivity contribution in [2.75, 3.05) is 25.3 Å². The number of amides is 1. The predicted molar refractivity (Wildman–Crippen MR) is 116 cm³/mol. The van der Waals surface area contributed by atoms with Gasteiger partial charge in [0, 0.05) is 0 Å². The van der Waals surface area contributed by atoms with E-state index >= 15 is 0 Å². The summed E-state index contributed by atoms with van der Waals surface area (Å²) < 4.78 is 33.2. The molecule has 0 aliphatic rings. The van der Waals surface area contributed by atoms with Crippen molar-refractivity contribution in [1.29, 1.82) is 0 Å². The van der Waals surface area contributed by atoms with E-state index in [1.165, 1.54) is 38.5 Å². The summed E-state index contributed by atoms with van der Waals surface area (Å²) in [7, 11) is 2.42. The Balaban J connectivity index is 1.59. The molecule has 0 radical (unpaired) electrons. The molecule has 0 unspecified atom stereocenters. The molecule has 1 N–H and O–H groups in total. The van der Waals surface area contributed by atoms with Crippen LogP contribution in [0.4, 0.5) is 9.39 Å². The van der Waals surface area contributed by atoms with Gasteiger partial charge in [0.05, 0.1) is 25.5 Å². The molecule has 0 saturated heterocycles. The number of benzene rings is 1. The van der Waals surface area contributed by atoms with E-state index in [0.717, 1.165) is 23.1 Å². The van der Waals surface area contributed by atoms with Crippen LogP contribution >= 0.6 is 23.1 Å². The highest BCUT2D eigenvalue weighted by Crippen LogP contribution is 2.34. The first-order chi connectivity index (χ1) is 15.8. The van der Waals surface area contributed by atoms with E-state index in [4.69, 9.17) is 18.6 Å². The lowest BCUT2D eigenvalue weighted by Crippen LogP contribution is -2.16. The summed E-state index contributed by atoms with van der Waals surface area (Å²) in [5, 5.41) is 10.6. The molecule has 10 nitrogen and oxygen atoms in total. The second kappa shape index (κ2) is 10.9. The Labute approximate surface area is 195 Å². The quantitative estimate of drug-likeness (QED) is 0.348. The van der Waals surface area contributed by atoms with Crippen LogP contribution in [-0.2, 0) is 20.9 Å². The van der Waals surface area contributed by atoms with Gasteiger partial charge in [-0.05, 0) is 36.8 Å². The summed E-state index contributed by atoms with van der Waals surface area (Å²) in [6, 6.07) is 5.45. The smallest absolute Gasteiger partial charge is 0.348 e. The average molecular weight is 496 g/mol. The molecule has 174 valence electrons. The van der Waals surface area contributed by atoms with Crippen molar-refractivity contribution in [3.05, 3.63) is 52.0 Å². The minimum absolute atomic E-state index is 0.0291. The van der Waals surface area contributed by atoms with Crippen LogP contribution in [0.15, 0.2) is 33.9 Å². The number of nitrogens with zero attached hydrogens (tertiary/aromatic N) is 2. The summed E-state index contributed by atoms with van der Waals surface area (Å²) in [6.45, 7) is 1.53. The van der Waals surface area contributed by atoms with Gasteiger partial charge in [-0.25, -0.2) is 14.0 Å². The maximum absolute atomic E-state index is 12.9. The van der Waals surface area contributed by atoms with E-state index in [9.17, 15) is 18.8 Å². The summed E-state index contributed by atoms with van der Waals surface area (Å²) >= 11 is 1.89. The lowest BCUT2D eigenvalue weighted by atomic mass is 10.1. The van der Waals surface area contributed by atoms with Crippen LogP contribution in [0.3, 0.4) is 0 Å². The normalized spacial score (nSPS) is 10.5. The minimum Gasteiger partial charge on any atom is -0.484 e. The van der Waals surface area contributed by atoms with Crippen molar-refractivity contribution >= 4 is 45.9 Å². The number of anilines is 1. The number of carbonyl (C=O) groups is 3. The monoisotopic (exact) mass is 495 g/mol. The summed E-state index contributed by atoms with van der Waals surface area (Å²) in [5.41, 5.74) is 0.434. The highest BCUT2D eigenvalue weighted by molar-refractivity contribution is 7.99. The second-order valence-corrected chi connectivity index (χ2v) is 8.23. The third-order valence-electron chi connectivity index (χ3n) is 4.11. The lowest BCUT2D eigenvalue weighted by Gasteiger charge is -2.05. The van der Waals surface area contributed by atoms with Gasteiger partial charge in [0.1, 0.15) is 21.4 Å². The third kappa shape index (κ3) is 6.08. The van der Waals surface area contributed by atoms with E-state index < -0.39 is 17.8 Å². The van der Waals surface area contributed by atoms with Gasteiger partial charge in [-0.1, -0.05) is 11.8 Å². The van der Waals surface area contributed by atoms with Crippen LogP contribution in [0.1, 0.15) is 31.5 Å². The SMILES string of the molecule is COC(=O)c1sc(NC(=O)CSc2nnc(COc3ccc(F)cc3)o2)c(C(=O)OC)c1C. The molecule has 1 aromatic carbocycles. The first-order valence-corrected chi connectivity index (χ1v) is 11.1. The number of hydrogen-bond acceptors (Lipinski definition) is 11. The van der Waals surface area contributed by atoms with Crippen LogP contribution in [0.25, 0.3) is 0 Å². The Morgan fingerprint density at radius 3 is 2.48 bits per heavy atom. The molecule has 0 aliphatic carbocycles. The van der Waals surface area contributed by atoms with Gasteiger partial charge in [-0.2, -0.15) is 0 Å². The van der Waals surface area contributed by atoms with Crippen molar-refractivity contribution in [2.45, 2.75) is 18.8 Å². The van der Waals surface area contributed by atoms with Gasteiger partial charge in [0.25, 0.3) is 11.1 Å². The molecular weight excluding hydrogens is 477 g/mol. The third-order valence-corrected chi connectivity index (χ3v) is 6.12. The Hall–Kier alpha value is -3.45. The largest absolute Gasteiger partial charge is 0.484 e. The molecule has 33 heavy (non-hydrogen) atoms. The maximum Gasteiger partial charge on any atom is 0.348 e. The van der Waals surface area contributed by atoms with Crippen molar-refractivity contribution in [3.63, 3.8) is 0 Å². The summed E-state index contributed by atoms with van der Waals surface area (Å²) in [4.78, 5) is 36.7. The van der Waals surface area contributed by atoms with Crippen LogP contribution in [0.5, 0.6) is 5.75 Å². The number of esters is 2. The van der Waals surface area contributed by atoms with Gasteiger partial charge < -0.3 is 23.9 Å². The fraction of sp³-hybridized carbons (Fsp3) is 0.250. The van der Waals surface area contributed by atoms with Crippen LogP contribution < -0.4 is 10.1 Å². The van der Waals surface area contributed by atoms with E-state index in [1.807, 2.05) is 0 Å². The van der Waals surface area contributed by atoms with Crippen LogP contribution in [-0.4, -0.2) is 48.0 Å². The molecule has 0 fully saturated rings. The number of methoxy groups -OCH3 is 2. The molecule has 13 heteroatoms. The topological polar surface area (TPSA) is 130 Å². The van der Waals surface area contributed by atoms with Crippen LogP contribution in [0, 0.1) is 12.7 Å². The molecule has 0 saturated carbocycles. The number of halogens is 1. The molecule has 2 heterocycles. The van der Waals surface area contributed by atoms with Gasteiger partial charge >= 0.3 is 11.9 Å². The summed E-state index contributed by atoms with van der Waals surface area (Å²) in [6.07, 6.45) is 0. The molecular formula is C20H18FN3O7S2. The van der Waals surface area contributed by atoms with Crippen molar-refractivity contribution < 1.29 is 37.4 Å². The first-order valence-electron chi connectivity index (χ1n) is 9.25. The van der Waals surface area contributed by atoms with Gasteiger partial charge in [0.2, 0.25) is 5.91 Å².